The molecule has 9 aromatic rings. The number of nitrogens with zero attached hydrogens (tertiary/aromatic N) is 2. The summed E-state index contributed by atoms with van der Waals surface area (Å²) in [5, 5.41) is 6.58. The van der Waals surface area contributed by atoms with E-state index in [1.165, 1.54) is 85.3 Å². The molecule has 2 nitrogen and oxygen atoms in total. The molecule has 10 rings (SSSR count). The van der Waals surface area contributed by atoms with E-state index in [1.807, 2.05) is 23.1 Å². The number of rotatable bonds is 2. The van der Waals surface area contributed by atoms with Crippen LogP contribution in [0.1, 0.15) is 0 Å². The maximum absolute atomic E-state index is 2.50. The zero-order valence-corrected chi connectivity index (χ0v) is 24.0. The van der Waals surface area contributed by atoms with E-state index in [0.29, 0.717) is 0 Å². The first kappa shape index (κ1) is 22.9. The van der Waals surface area contributed by atoms with Crippen LogP contribution in [0.4, 0.5) is 0 Å². The van der Waals surface area contributed by atoms with Gasteiger partial charge in [-0.05, 0) is 65.7 Å². The molecule has 4 heterocycles. The average molecular weight is 571 g/mol. The van der Waals surface area contributed by atoms with Crippen LogP contribution in [0, 0.1) is 0 Å². The Kier molecular flexibility index (Phi) is 4.57. The van der Waals surface area contributed by atoms with E-state index >= 15 is 0 Å². The number of hydrogen-bond acceptors (Lipinski definition) is 2. The first-order chi connectivity index (χ1) is 20.8. The van der Waals surface area contributed by atoms with Crippen LogP contribution in [0.15, 0.2) is 143 Å². The van der Waals surface area contributed by atoms with Crippen LogP contribution >= 0.6 is 23.1 Å². The minimum Gasteiger partial charge on any atom is -0.295 e. The van der Waals surface area contributed by atoms with Crippen molar-refractivity contribution >= 4 is 76.1 Å². The molecule has 0 N–H and O–H groups in total. The van der Waals surface area contributed by atoms with Gasteiger partial charge in [-0.1, -0.05) is 90.6 Å². The monoisotopic (exact) mass is 570 g/mol. The quantitative estimate of drug-likeness (QED) is 0.201. The summed E-state index contributed by atoms with van der Waals surface area (Å²) in [6, 6.07) is 49.1. The standard InChI is InChI=1S/C38H22N2S2/c1-3-14-30-27(12-1)36-28-13-8-18-35-37(28)40(31-15-4-6-17-34(31)42-35)38(36)39(30)25-10-7-9-23(21-25)24-19-20-33-29(22-24)26-11-2-5-16-32(26)41-33/h1-22H. The van der Waals surface area contributed by atoms with Crippen LogP contribution in [-0.2, 0) is 0 Å². The molecule has 3 aromatic heterocycles. The number of hydrogen-bond donors (Lipinski definition) is 0. The van der Waals surface area contributed by atoms with Crippen molar-refractivity contribution < 1.29 is 0 Å². The van der Waals surface area contributed by atoms with E-state index in [2.05, 4.69) is 143 Å². The van der Waals surface area contributed by atoms with Gasteiger partial charge in [-0.3, -0.25) is 9.13 Å². The van der Waals surface area contributed by atoms with Crippen molar-refractivity contribution in [1.29, 1.82) is 0 Å². The highest BCUT2D eigenvalue weighted by Gasteiger charge is 2.27. The number of benzene rings is 6. The Bertz CT molecular complexity index is 2560. The lowest BCUT2D eigenvalue weighted by atomic mass is 10.0. The van der Waals surface area contributed by atoms with Gasteiger partial charge in [-0.25, -0.2) is 0 Å². The SMILES string of the molecule is c1cc(-c2ccc3sc4ccccc4c3c2)cc(-n2c3ccccc3c3c4cccc5c4n(c32)-c2ccccc2S5)c1. The smallest absolute Gasteiger partial charge is 0.131 e. The van der Waals surface area contributed by atoms with Gasteiger partial charge in [0.1, 0.15) is 5.65 Å². The lowest BCUT2D eigenvalue weighted by Crippen LogP contribution is -2.05. The van der Waals surface area contributed by atoms with E-state index in [0.717, 1.165) is 0 Å². The number of para-hydroxylation sites is 3. The van der Waals surface area contributed by atoms with Crippen molar-refractivity contribution in [1.82, 2.24) is 9.13 Å². The fourth-order valence-electron chi connectivity index (χ4n) is 6.92. The molecule has 0 atom stereocenters. The van der Waals surface area contributed by atoms with Gasteiger partial charge in [-0.2, -0.15) is 0 Å². The Labute approximate surface area is 250 Å². The molecule has 0 unspecified atom stereocenters. The van der Waals surface area contributed by atoms with Crippen LogP contribution in [0.3, 0.4) is 0 Å². The van der Waals surface area contributed by atoms with Gasteiger partial charge >= 0.3 is 0 Å². The highest BCUT2D eigenvalue weighted by molar-refractivity contribution is 7.99. The van der Waals surface area contributed by atoms with Gasteiger partial charge in [0.25, 0.3) is 0 Å². The Morgan fingerprint density at radius 1 is 0.476 bits per heavy atom. The van der Waals surface area contributed by atoms with E-state index < -0.39 is 0 Å². The molecule has 0 bridgehead atoms. The predicted molar refractivity (Wildman–Crippen MR) is 180 cm³/mol. The molecule has 1 aliphatic rings. The van der Waals surface area contributed by atoms with Crippen molar-refractivity contribution in [3.05, 3.63) is 133 Å². The summed E-state index contributed by atoms with van der Waals surface area (Å²) in [7, 11) is 0. The van der Waals surface area contributed by atoms with E-state index in [9.17, 15) is 0 Å². The largest absolute Gasteiger partial charge is 0.295 e. The summed E-state index contributed by atoms with van der Waals surface area (Å²) in [4.78, 5) is 2.60. The minimum absolute atomic E-state index is 1.17. The first-order valence-electron chi connectivity index (χ1n) is 14.2. The lowest BCUT2D eigenvalue weighted by molar-refractivity contribution is 1.03. The highest BCUT2D eigenvalue weighted by Crippen LogP contribution is 2.49. The maximum atomic E-state index is 2.50. The molecule has 0 amide bonds. The van der Waals surface area contributed by atoms with Crippen LogP contribution in [-0.4, -0.2) is 9.13 Å². The van der Waals surface area contributed by atoms with Crippen molar-refractivity contribution in [2.75, 3.05) is 0 Å². The highest BCUT2D eigenvalue weighted by atomic mass is 32.2. The first-order valence-corrected chi connectivity index (χ1v) is 15.8. The van der Waals surface area contributed by atoms with Gasteiger partial charge in [0.15, 0.2) is 0 Å². The number of thiophene rings is 1. The Hall–Kier alpha value is -4.77. The molecule has 1 aliphatic heterocycles. The Balaban J connectivity index is 1.29. The minimum atomic E-state index is 1.17. The van der Waals surface area contributed by atoms with Gasteiger partial charge in [-0.15, -0.1) is 11.3 Å². The van der Waals surface area contributed by atoms with Crippen LogP contribution < -0.4 is 0 Å². The van der Waals surface area contributed by atoms with Crippen molar-refractivity contribution in [3.63, 3.8) is 0 Å². The normalized spacial score (nSPS) is 12.7. The van der Waals surface area contributed by atoms with E-state index in [1.54, 1.807) is 0 Å². The van der Waals surface area contributed by atoms with E-state index in [-0.39, 0.29) is 0 Å². The molecular weight excluding hydrogens is 549 g/mol. The van der Waals surface area contributed by atoms with Crippen molar-refractivity contribution in [2.24, 2.45) is 0 Å². The second-order valence-corrected chi connectivity index (χ2v) is 13.1. The molecule has 6 aromatic carbocycles. The van der Waals surface area contributed by atoms with Crippen LogP contribution in [0.2, 0.25) is 0 Å². The second-order valence-electron chi connectivity index (χ2n) is 11.0. The molecule has 196 valence electrons. The maximum Gasteiger partial charge on any atom is 0.131 e. The molecule has 4 heteroatoms. The average Bonchev–Trinajstić information content (AvgIpc) is 3.70. The lowest BCUT2D eigenvalue weighted by Gasteiger charge is -2.21. The number of aromatic nitrogens is 2. The summed E-state index contributed by atoms with van der Waals surface area (Å²) in [5.74, 6) is 0. The van der Waals surface area contributed by atoms with Crippen LogP contribution in [0.5, 0.6) is 0 Å². The molecule has 42 heavy (non-hydrogen) atoms. The van der Waals surface area contributed by atoms with Crippen LogP contribution in [0.25, 0.3) is 75.5 Å². The van der Waals surface area contributed by atoms with E-state index in [4.69, 9.17) is 0 Å². The van der Waals surface area contributed by atoms with Gasteiger partial charge in [0, 0.05) is 51.8 Å². The zero-order valence-electron chi connectivity index (χ0n) is 22.4. The van der Waals surface area contributed by atoms with Crippen molar-refractivity contribution in [2.45, 2.75) is 9.79 Å². The summed E-state index contributed by atoms with van der Waals surface area (Å²) in [6.07, 6.45) is 0. The molecule has 0 saturated carbocycles. The molecular formula is C38H22N2S2. The van der Waals surface area contributed by atoms with Gasteiger partial charge in [0.05, 0.1) is 16.7 Å². The third kappa shape index (κ3) is 3.00. The fraction of sp³-hybridized carbons (Fsp3) is 0. The third-order valence-corrected chi connectivity index (χ3v) is 11.0. The topological polar surface area (TPSA) is 9.86 Å². The summed E-state index contributed by atoms with van der Waals surface area (Å²) >= 11 is 3.74. The third-order valence-electron chi connectivity index (χ3n) is 8.69. The van der Waals surface area contributed by atoms with Gasteiger partial charge < -0.3 is 0 Å². The molecule has 0 aliphatic carbocycles. The molecule has 0 fully saturated rings. The molecule has 0 saturated heterocycles. The fourth-order valence-corrected chi connectivity index (χ4v) is 9.10. The summed E-state index contributed by atoms with van der Waals surface area (Å²) in [6.45, 7) is 0. The summed E-state index contributed by atoms with van der Waals surface area (Å²) < 4.78 is 7.65. The van der Waals surface area contributed by atoms with Crippen molar-refractivity contribution in [3.8, 4) is 22.5 Å². The Morgan fingerprint density at radius 2 is 1.21 bits per heavy atom. The second kappa shape index (κ2) is 8.39. The predicted octanol–water partition coefficient (Wildman–Crippen LogP) is 11.2. The molecule has 0 radical (unpaired) electrons. The zero-order chi connectivity index (χ0) is 27.4. The Morgan fingerprint density at radius 3 is 2.19 bits per heavy atom. The van der Waals surface area contributed by atoms with Gasteiger partial charge in [0.2, 0.25) is 0 Å². The summed E-state index contributed by atoms with van der Waals surface area (Å²) in [5.41, 5.74) is 8.64. The number of fused-ring (bicyclic) bond motifs is 10. The molecule has 0 spiro atoms.